The third kappa shape index (κ3) is 3.37. The molecular weight excluding hydrogens is 280 g/mol. The van der Waals surface area contributed by atoms with Crippen molar-refractivity contribution in [2.24, 2.45) is 0 Å². The van der Waals surface area contributed by atoms with E-state index in [-0.39, 0.29) is 5.38 Å². The second-order valence-electron chi connectivity index (χ2n) is 4.99. The van der Waals surface area contributed by atoms with E-state index in [4.69, 9.17) is 16.3 Å². The number of fused-ring (bicyclic) bond motifs is 1. The van der Waals surface area contributed by atoms with Crippen LogP contribution in [0.5, 0.6) is 5.75 Å². The first-order chi connectivity index (χ1) is 10.3. The van der Waals surface area contributed by atoms with Gasteiger partial charge in [0.05, 0.1) is 12.0 Å². The van der Waals surface area contributed by atoms with Crippen LogP contribution in [0.15, 0.2) is 72.8 Å². The molecule has 3 aromatic rings. The molecule has 0 amide bonds. The fourth-order valence-electron chi connectivity index (χ4n) is 2.42. The molecule has 0 N–H and O–H groups in total. The largest absolute Gasteiger partial charge is 0.493 e. The van der Waals surface area contributed by atoms with Crippen LogP contribution in [0.1, 0.15) is 17.4 Å². The number of benzene rings is 3. The lowest BCUT2D eigenvalue weighted by molar-refractivity contribution is 0.312. The van der Waals surface area contributed by atoms with Crippen LogP contribution in [0, 0.1) is 0 Å². The van der Waals surface area contributed by atoms with E-state index in [1.165, 1.54) is 5.39 Å². The highest BCUT2D eigenvalue weighted by Crippen LogP contribution is 2.27. The maximum absolute atomic E-state index is 6.41. The van der Waals surface area contributed by atoms with E-state index in [0.717, 1.165) is 23.1 Å². The van der Waals surface area contributed by atoms with E-state index < -0.39 is 0 Å². The summed E-state index contributed by atoms with van der Waals surface area (Å²) in [5.41, 5.74) is 1.14. The van der Waals surface area contributed by atoms with Gasteiger partial charge in [-0.1, -0.05) is 66.7 Å². The summed E-state index contributed by atoms with van der Waals surface area (Å²) < 4.78 is 5.93. The second-order valence-corrected chi connectivity index (χ2v) is 5.52. The number of halogens is 1. The van der Waals surface area contributed by atoms with Gasteiger partial charge in [0.25, 0.3) is 0 Å². The number of hydrogen-bond donors (Lipinski definition) is 0. The van der Waals surface area contributed by atoms with Crippen molar-refractivity contribution < 1.29 is 4.74 Å². The Kier molecular flexibility index (Phi) is 4.42. The van der Waals surface area contributed by atoms with Gasteiger partial charge >= 0.3 is 0 Å². The molecule has 0 radical (unpaired) electrons. The molecule has 0 aliphatic carbocycles. The molecule has 0 aliphatic heterocycles. The van der Waals surface area contributed by atoms with Gasteiger partial charge in [0.2, 0.25) is 0 Å². The first-order valence-corrected chi connectivity index (χ1v) is 7.58. The van der Waals surface area contributed by atoms with Gasteiger partial charge in [0, 0.05) is 11.8 Å². The van der Waals surface area contributed by atoms with Crippen molar-refractivity contribution >= 4 is 22.4 Å². The number of ether oxygens (including phenoxy) is 1. The first kappa shape index (κ1) is 14.0. The number of rotatable bonds is 5. The van der Waals surface area contributed by atoms with Gasteiger partial charge in [-0.2, -0.15) is 0 Å². The van der Waals surface area contributed by atoms with E-state index >= 15 is 0 Å². The van der Waals surface area contributed by atoms with Crippen LogP contribution in [0.2, 0.25) is 0 Å². The van der Waals surface area contributed by atoms with Gasteiger partial charge in [-0.05, 0) is 17.0 Å². The first-order valence-electron chi connectivity index (χ1n) is 7.14. The van der Waals surface area contributed by atoms with Crippen molar-refractivity contribution in [3.8, 4) is 5.75 Å². The van der Waals surface area contributed by atoms with Crippen LogP contribution < -0.4 is 4.74 Å². The Hall–Kier alpha value is -1.99. The lowest BCUT2D eigenvalue weighted by Crippen LogP contribution is -2.02. The average Bonchev–Trinajstić information content (AvgIpc) is 2.56. The van der Waals surface area contributed by atoms with Gasteiger partial charge in [0.1, 0.15) is 5.75 Å². The van der Waals surface area contributed by atoms with E-state index in [1.807, 2.05) is 42.5 Å². The predicted molar refractivity (Wildman–Crippen MR) is 89.1 cm³/mol. The molecule has 2 heteroatoms. The van der Waals surface area contributed by atoms with E-state index in [9.17, 15) is 0 Å². The van der Waals surface area contributed by atoms with E-state index in [0.29, 0.717) is 6.61 Å². The molecule has 0 fully saturated rings. The molecule has 0 aliphatic rings. The molecule has 0 saturated heterocycles. The van der Waals surface area contributed by atoms with Crippen LogP contribution in [-0.4, -0.2) is 6.61 Å². The Bertz CT molecular complexity index is 704. The minimum atomic E-state index is -0.0128. The van der Waals surface area contributed by atoms with Gasteiger partial charge in [0.15, 0.2) is 0 Å². The zero-order valence-electron chi connectivity index (χ0n) is 11.7. The smallest absolute Gasteiger partial charge is 0.127 e. The number of hydrogen-bond acceptors (Lipinski definition) is 1. The van der Waals surface area contributed by atoms with Crippen molar-refractivity contribution in [2.45, 2.75) is 11.8 Å². The molecule has 1 atom stereocenters. The summed E-state index contributed by atoms with van der Waals surface area (Å²) in [4.78, 5) is 0. The summed E-state index contributed by atoms with van der Waals surface area (Å²) in [6.07, 6.45) is 0.786. The Labute approximate surface area is 130 Å². The summed E-state index contributed by atoms with van der Waals surface area (Å²) in [5, 5.41) is 2.33. The highest BCUT2D eigenvalue weighted by molar-refractivity contribution is 6.20. The molecule has 3 aromatic carbocycles. The van der Waals surface area contributed by atoms with Crippen molar-refractivity contribution in [3.05, 3.63) is 78.4 Å². The summed E-state index contributed by atoms with van der Waals surface area (Å²) in [7, 11) is 0. The Morgan fingerprint density at radius 3 is 2.38 bits per heavy atom. The second kappa shape index (κ2) is 6.64. The molecule has 0 spiro atoms. The lowest BCUT2D eigenvalue weighted by Gasteiger charge is -2.12. The van der Waals surface area contributed by atoms with Crippen LogP contribution in [-0.2, 0) is 0 Å². The average molecular weight is 297 g/mol. The highest BCUT2D eigenvalue weighted by atomic mass is 35.5. The fourth-order valence-corrected chi connectivity index (χ4v) is 2.66. The molecule has 1 nitrogen and oxygen atoms in total. The highest BCUT2D eigenvalue weighted by Gasteiger charge is 2.08. The normalized spacial score (nSPS) is 12.2. The van der Waals surface area contributed by atoms with Gasteiger partial charge in [-0.3, -0.25) is 0 Å². The van der Waals surface area contributed by atoms with Crippen LogP contribution in [0.4, 0.5) is 0 Å². The van der Waals surface area contributed by atoms with Crippen LogP contribution in [0.3, 0.4) is 0 Å². The van der Waals surface area contributed by atoms with E-state index in [2.05, 4.69) is 30.3 Å². The maximum atomic E-state index is 6.41. The summed E-state index contributed by atoms with van der Waals surface area (Å²) in [6.45, 7) is 0.608. The third-order valence-corrected chi connectivity index (χ3v) is 4.01. The molecule has 1 unspecified atom stereocenters. The van der Waals surface area contributed by atoms with Gasteiger partial charge in [-0.15, -0.1) is 11.6 Å². The zero-order chi connectivity index (χ0) is 14.5. The van der Waals surface area contributed by atoms with Crippen LogP contribution >= 0.6 is 11.6 Å². The van der Waals surface area contributed by atoms with Gasteiger partial charge < -0.3 is 4.74 Å². The van der Waals surface area contributed by atoms with Crippen molar-refractivity contribution in [1.82, 2.24) is 0 Å². The van der Waals surface area contributed by atoms with Crippen molar-refractivity contribution in [2.75, 3.05) is 6.61 Å². The minimum Gasteiger partial charge on any atom is -0.493 e. The minimum absolute atomic E-state index is 0.0128. The Morgan fingerprint density at radius 2 is 1.52 bits per heavy atom. The standard InChI is InChI=1S/C19H17ClO/c20-18(16-8-2-1-3-9-16)13-14-21-19-12-6-10-15-7-4-5-11-17(15)19/h1-12,18H,13-14H2. The van der Waals surface area contributed by atoms with Crippen molar-refractivity contribution in [1.29, 1.82) is 0 Å². The zero-order valence-corrected chi connectivity index (χ0v) is 12.5. The molecular formula is C19H17ClO. The van der Waals surface area contributed by atoms with Crippen molar-refractivity contribution in [3.63, 3.8) is 0 Å². The quantitative estimate of drug-likeness (QED) is 0.558. The maximum Gasteiger partial charge on any atom is 0.127 e. The number of alkyl halides is 1. The molecule has 0 aromatic heterocycles. The lowest BCUT2D eigenvalue weighted by atomic mass is 10.1. The topological polar surface area (TPSA) is 9.23 Å². The molecule has 21 heavy (non-hydrogen) atoms. The SMILES string of the molecule is ClC(CCOc1cccc2ccccc12)c1ccccc1. The van der Waals surface area contributed by atoms with Gasteiger partial charge in [-0.25, -0.2) is 0 Å². The summed E-state index contributed by atoms with van der Waals surface area (Å²) in [6, 6.07) is 24.5. The Morgan fingerprint density at radius 1 is 0.810 bits per heavy atom. The summed E-state index contributed by atoms with van der Waals surface area (Å²) >= 11 is 6.41. The molecule has 0 saturated carbocycles. The monoisotopic (exact) mass is 296 g/mol. The molecule has 0 bridgehead atoms. The summed E-state index contributed by atoms with van der Waals surface area (Å²) in [5.74, 6) is 0.921. The fraction of sp³-hybridized carbons (Fsp3) is 0.158. The van der Waals surface area contributed by atoms with E-state index in [1.54, 1.807) is 0 Å². The molecule has 3 rings (SSSR count). The predicted octanol–water partition coefficient (Wildman–Crippen LogP) is 5.59. The molecule has 0 heterocycles. The van der Waals surface area contributed by atoms with Crippen LogP contribution in [0.25, 0.3) is 10.8 Å². The molecule has 106 valence electrons. The third-order valence-electron chi connectivity index (χ3n) is 3.54. The Balaban J connectivity index is 1.65.